The zero-order valence-electron chi connectivity index (χ0n) is 13.1. The van der Waals surface area contributed by atoms with Crippen molar-refractivity contribution in [1.82, 2.24) is 5.32 Å². The number of amides is 1. The molecule has 0 spiro atoms. The summed E-state index contributed by atoms with van der Waals surface area (Å²) in [5.74, 6) is -0.0319. The third-order valence-corrected chi connectivity index (χ3v) is 3.56. The van der Waals surface area contributed by atoms with Crippen LogP contribution in [0.3, 0.4) is 0 Å². The Morgan fingerprint density at radius 2 is 1.80 bits per heavy atom. The summed E-state index contributed by atoms with van der Waals surface area (Å²) < 4.78 is 0. The van der Waals surface area contributed by atoms with Crippen LogP contribution in [0.25, 0.3) is 0 Å². The highest BCUT2D eigenvalue weighted by Gasteiger charge is 2.05. The molecule has 0 fully saturated rings. The molecule has 3 heteroatoms. The predicted octanol–water partition coefficient (Wildman–Crippen LogP) is 4.13. The molecule has 0 saturated carbocycles. The molecule has 20 heavy (non-hydrogen) atoms. The zero-order chi connectivity index (χ0) is 14.8. The van der Waals surface area contributed by atoms with Crippen LogP contribution in [0, 0.1) is 6.92 Å². The lowest BCUT2D eigenvalue weighted by molar-refractivity contribution is 0.0963. The summed E-state index contributed by atoms with van der Waals surface area (Å²) >= 11 is 0. The van der Waals surface area contributed by atoms with Gasteiger partial charge in [-0.2, -0.15) is 0 Å². The van der Waals surface area contributed by atoms with E-state index in [0.29, 0.717) is 0 Å². The molecule has 3 nitrogen and oxygen atoms in total. The SMILES string of the molecule is CCCCCCCCNc1ccc(C(=O)NC)cc1C. The van der Waals surface area contributed by atoms with E-state index in [2.05, 4.69) is 17.6 Å². The summed E-state index contributed by atoms with van der Waals surface area (Å²) in [7, 11) is 1.66. The number of aryl methyl sites for hydroxylation is 1. The van der Waals surface area contributed by atoms with Crippen molar-refractivity contribution < 1.29 is 4.79 Å². The molecule has 0 atom stereocenters. The van der Waals surface area contributed by atoms with Crippen LogP contribution in [0.5, 0.6) is 0 Å². The van der Waals surface area contributed by atoms with E-state index in [0.717, 1.165) is 23.4 Å². The first kappa shape index (κ1) is 16.5. The fourth-order valence-electron chi connectivity index (χ4n) is 2.28. The van der Waals surface area contributed by atoms with Gasteiger partial charge in [-0.15, -0.1) is 0 Å². The van der Waals surface area contributed by atoms with Gasteiger partial charge in [0.1, 0.15) is 0 Å². The molecule has 0 aliphatic heterocycles. The van der Waals surface area contributed by atoms with Crippen LogP contribution in [0.1, 0.15) is 61.4 Å². The van der Waals surface area contributed by atoms with Gasteiger partial charge in [0.05, 0.1) is 0 Å². The molecular weight excluding hydrogens is 248 g/mol. The molecule has 1 aromatic carbocycles. The Morgan fingerprint density at radius 1 is 1.10 bits per heavy atom. The molecule has 0 aliphatic carbocycles. The van der Waals surface area contributed by atoms with E-state index in [9.17, 15) is 4.79 Å². The van der Waals surface area contributed by atoms with Crippen molar-refractivity contribution in [2.45, 2.75) is 52.4 Å². The maximum Gasteiger partial charge on any atom is 0.251 e. The van der Waals surface area contributed by atoms with Gasteiger partial charge in [-0.1, -0.05) is 39.0 Å². The van der Waals surface area contributed by atoms with E-state index in [1.807, 2.05) is 25.1 Å². The molecule has 0 heterocycles. The van der Waals surface area contributed by atoms with E-state index in [4.69, 9.17) is 0 Å². The van der Waals surface area contributed by atoms with E-state index in [-0.39, 0.29) is 5.91 Å². The lowest BCUT2D eigenvalue weighted by atomic mass is 10.1. The molecule has 2 N–H and O–H groups in total. The summed E-state index contributed by atoms with van der Waals surface area (Å²) in [6.07, 6.45) is 7.85. The van der Waals surface area contributed by atoms with Gasteiger partial charge in [0.15, 0.2) is 0 Å². The van der Waals surface area contributed by atoms with Crippen molar-refractivity contribution in [2.75, 3.05) is 18.9 Å². The number of nitrogens with one attached hydrogen (secondary N) is 2. The van der Waals surface area contributed by atoms with Gasteiger partial charge in [0.25, 0.3) is 5.91 Å². The number of hydrogen-bond acceptors (Lipinski definition) is 2. The molecule has 0 aliphatic rings. The quantitative estimate of drug-likeness (QED) is 0.666. The third-order valence-electron chi connectivity index (χ3n) is 3.56. The molecule has 1 rings (SSSR count). The van der Waals surface area contributed by atoms with Gasteiger partial charge in [-0.25, -0.2) is 0 Å². The van der Waals surface area contributed by atoms with Gasteiger partial charge in [0.2, 0.25) is 0 Å². The average Bonchev–Trinajstić information content (AvgIpc) is 2.46. The monoisotopic (exact) mass is 276 g/mol. The van der Waals surface area contributed by atoms with Gasteiger partial charge < -0.3 is 10.6 Å². The van der Waals surface area contributed by atoms with Crippen molar-refractivity contribution in [3.63, 3.8) is 0 Å². The molecule has 0 radical (unpaired) electrons. The summed E-state index contributed by atoms with van der Waals surface area (Å²) in [5, 5.41) is 6.10. The van der Waals surface area contributed by atoms with E-state index < -0.39 is 0 Å². The maximum absolute atomic E-state index is 11.5. The second kappa shape index (κ2) is 9.40. The molecule has 112 valence electrons. The first-order valence-electron chi connectivity index (χ1n) is 7.75. The Kier molecular flexibility index (Phi) is 7.78. The van der Waals surface area contributed by atoms with Gasteiger partial charge >= 0.3 is 0 Å². The Balaban J connectivity index is 2.32. The van der Waals surface area contributed by atoms with Crippen LogP contribution < -0.4 is 10.6 Å². The third kappa shape index (κ3) is 5.64. The number of benzene rings is 1. The second-order valence-corrected chi connectivity index (χ2v) is 5.30. The standard InChI is InChI=1S/C17H28N2O/c1-4-5-6-7-8-9-12-19-16-11-10-15(13-14(16)2)17(20)18-3/h10-11,13,19H,4-9,12H2,1-3H3,(H,18,20). The average molecular weight is 276 g/mol. The number of hydrogen-bond donors (Lipinski definition) is 2. The fourth-order valence-corrected chi connectivity index (χ4v) is 2.28. The summed E-state index contributed by atoms with van der Waals surface area (Å²) in [5.41, 5.74) is 2.97. The second-order valence-electron chi connectivity index (χ2n) is 5.30. The van der Waals surface area contributed by atoms with Gasteiger partial charge in [-0.3, -0.25) is 4.79 Å². The largest absolute Gasteiger partial charge is 0.385 e. The lowest BCUT2D eigenvalue weighted by Gasteiger charge is -2.11. The molecule has 0 aromatic heterocycles. The van der Waals surface area contributed by atoms with Gasteiger partial charge in [-0.05, 0) is 37.1 Å². The van der Waals surface area contributed by atoms with Crippen LogP contribution in [-0.4, -0.2) is 19.5 Å². The molecular formula is C17H28N2O. The van der Waals surface area contributed by atoms with Crippen LogP contribution in [0.4, 0.5) is 5.69 Å². The number of unbranched alkanes of at least 4 members (excludes halogenated alkanes) is 5. The van der Waals surface area contributed by atoms with Crippen LogP contribution in [0.2, 0.25) is 0 Å². The van der Waals surface area contributed by atoms with Crippen LogP contribution in [-0.2, 0) is 0 Å². The Bertz CT molecular complexity index is 415. The van der Waals surface area contributed by atoms with Gasteiger partial charge in [0, 0.05) is 24.8 Å². The highest BCUT2D eigenvalue weighted by Crippen LogP contribution is 2.17. The first-order valence-corrected chi connectivity index (χ1v) is 7.75. The Hall–Kier alpha value is -1.51. The fraction of sp³-hybridized carbons (Fsp3) is 0.588. The summed E-state index contributed by atoms with van der Waals surface area (Å²) in [6.45, 7) is 5.29. The lowest BCUT2D eigenvalue weighted by Crippen LogP contribution is -2.18. The van der Waals surface area contributed by atoms with Crippen molar-refractivity contribution in [1.29, 1.82) is 0 Å². The molecule has 1 aromatic rings. The van der Waals surface area contributed by atoms with Crippen LogP contribution >= 0.6 is 0 Å². The van der Waals surface area contributed by atoms with E-state index in [1.54, 1.807) is 7.05 Å². The summed E-state index contributed by atoms with van der Waals surface area (Å²) in [4.78, 5) is 11.5. The van der Waals surface area contributed by atoms with Crippen molar-refractivity contribution in [2.24, 2.45) is 0 Å². The van der Waals surface area contributed by atoms with Crippen LogP contribution in [0.15, 0.2) is 18.2 Å². The number of carbonyl (C=O) groups is 1. The normalized spacial score (nSPS) is 10.3. The minimum Gasteiger partial charge on any atom is -0.385 e. The Morgan fingerprint density at radius 3 is 2.45 bits per heavy atom. The maximum atomic E-state index is 11.5. The van der Waals surface area contributed by atoms with Crippen molar-refractivity contribution in [3.05, 3.63) is 29.3 Å². The Labute approximate surface area is 123 Å². The molecule has 1 amide bonds. The molecule has 0 unspecified atom stereocenters. The smallest absolute Gasteiger partial charge is 0.251 e. The van der Waals surface area contributed by atoms with Crippen molar-refractivity contribution >= 4 is 11.6 Å². The van der Waals surface area contributed by atoms with Crippen molar-refractivity contribution in [3.8, 4) is 0 Å². The highest BCUT2D eigenvalue weighted by molar-refractivity contribution is 5.94. The minimum absolute atomic E-state index is 0.0319. The molecule has 0 saturated heterocycles. The predicted molar refractivity (Wildman–Crippen MR) is 86.4 cm³/mol. The molecule has 0 bridgehead atoms. The topological polar surface area (TPSA) is 41.1 Å². The first-order chi connectivity index (χ1) is 9.69. The minimum atomic E-state index is -0.0319. The number of anilines is 1. The zero-order valence-corrected chi connectivity index (χ0v) is 13.1. The van der Waals surface area contributed by atoms with E-state index in [1.165, 1.54) is 38.5 Å². The summed E-state index contributed by atoms with van der Waals surface area (Å²) in [6, 6.07) is 5.80. The highest BCUT2D eigenvalue weighted by atomic mass is 16.1. The van der Waals surface area contributed by atoms with E-state index >= 15 is 0 Å². The number of carbonyl (C=O) groups excluding carboxylic acids is 1. The number of rotatable bonds is 9.